The van der Waals surface area contributed by atoms with Crippen LogP contribution in [0.5, 0.6) is 5.88 Å². The molecular formula is C12H10N4O5. The molecule has 0 aliphatic carbocycles. The zero-order chi connectivity index (χ0) is 15.4. The number of methoxy groups -OCH3 is 1. The van der Waals surface area contributed by atoms with E-state index < -0.39 is 16.6 Å². The Morgan fingerprint density at radius 3 is 2.81 bits per heavy atom. The second-order valence-corrected chi connectivity index (χ2v) is 3.85. The first-order chi connectivity index (χ1) is 10.0. The fourth-order valence-corrected chi connectivity index (χ4v) is 1.63. The van der Waals surface area contributed by atoms with Gasteiger partial charge in [-0.05, 0) is 18.2 Å². The molecule has 0 aliphatic rings. The molecule has 9 heteroatoms. The Balaban J connectivity index is 2.42. The molecule has 1 heterocycles. The topological polar surface area (TPSA) is 127 Å². The Morgan fingerprint density at radius 2 is 2.19 bits per heavy atom. The number of hydrogen-bond acceptors (Lipinski definition) is 7. The van der Waals surface area contributed by atoms with Gasteiger partial charge < -0.3 is 15.2 Å². The van der Waals surface area contributed by atoms with Crippen LogP contribution in [0.1, 0.15) is 10.4 Å². The molecule has 0 spiro atoms. The summed E-state index contributed by atoms with van der Waals surface area (Å²) in [6, 6.07) is 5.81. The van der Waals surface area contributed by atoms with Gasteiger partial charge in [-0.2, -0.15) is 4.98 Å². The summed E-state index contributed by atoms with van der Waals surface area (Å²) in [7, 11) is 1.25. The standard InChI is InChI=1S/C12H10N4O5/c1-21-11-9(16(19)20)10(13-6-14-11)15-8-4-2-3-7(5-8)12(17)18/h2-6H,1H3,(H,17,18)(H,13,14,15). The van der Waals surface area contributed by atoms with E-state index in [1.54, 1.807) is 6.07 Å². The van der Waals surface area contributed by atoms with E-state index >= 15 is 0 Å². The maximum absolute atomic E-state index is 11.1. The fraction of sp³-hybridized carbons (Fsp3) is 0.0833. The van der Waals surface area contributed by atoms with Crippen LogP contribution in [0.2, 0.25) is 0 Å². The van der Waals surface area contributed by atoms with E-state index in [4.69, 9.17) is 9.84 Å². The smallest absolute Gasteiger partial charge is 0.373 e. The van der Waals surface area contributed by atoms with Gasteiger partial charge in [0.25, 0.3) is 5.88 Å². The Hall–Kier alpha value is -3.23. The normalized spacial score (nSPS) is 9.95. The lowest BCUT2D eigenvalue weighted by Crippen LogP contribution is -2.04. The molecule has 1 aromatic carbocycles. The summed E-state index contributed by atoms with van der Waals surface area (Å²) in [5.41, 5.74) is -0.0387. The van der Waals surface area contributed by atoms with Gasteiger partial charge in [-0.25, -0.2) is 9.78 Å². The van der Waals surface area contributed by atoms with Crippen LogP contribution in [0.4, 0.5) is 17.2 Å². The molecule has 2 aromatic rings. The van der Waals surface area contributed by atoms with Crippen molar-refractivity contribution in [3.05, 3.63) is 46.3 Å². The molecule has 0 amide bonds. The molecule has 9 nitrogen and oxygen atoms in total. The molecule has 0 unspecified atom stereocenters. The van der Waals surface area contributed by atoms with Crippen LogP contribution in [-0.4, -0.2) is 33.1 Å². The van der Waals surface area contributed by atoms with Gasteiger partial charge in [0.05, 0.1) is 17.6 Å². The van der Waals surface area contributed by atoms with Gasteiger partial charge in [0, 0.05) is 5.69 Å². The quantitative estimate of drug-likeness (QED) is 0.630. The first-order valence-corrected chi connectivity index (χ1v) is 5.66. The minimum atomic E-state index is -1.10. The maximum Gasteiger partial charge on any atom is 0.373 e. The van der Waals surface area contributed by atoms with Crippen LogP contribution in [0.15, 0.2) is 30.6 Å². The van der Waals surface area contributed by atoms with Crippen LogP contribution in [0, 0.1) is 10.1 Å². The van der Waals surface area contributed by atoms with E-state index in [9.17, 15) is 14.9 Å². The van der Waals surface area contributed by atoms with Crippen molar-refractivity contribution in [3.63, 3.8) is 0 Å². The van der Waals surface area contributed by atoms with Gasteiger partial charge >= 0.3 is 11.7 Å². The number of hydrogen-bond donors (Lipinski definition) is 2. The van der Waals surface area contributed by atoms with Crippen LogP contribution >= 0.6 is 0 Å². The number of aromatic carboxylic acids is 1. The fourth-order valence-electron chi connectivity index (χ4n) is 1.63. The number of ether oxygens (including phenoxy) is 1. The van der Waals surface area contributed by atoms with Crippen LogP contribution in [0.25, 0.3) is 0 Å². The number of benzene rings is 1. The zero-order valence-corrected chi connectivity index (χ0v) is 10.8. The summed E-state index contributed by atoms with van der Waals surface area (Å²) in [6.45, 7) is 0. The highest BCUT2D eigenvalue weighted by Gasteiger charge is 2.24. The summed E-state index contributed by atoms with van der Waals surface area (Å²) in [6.07, 6.45) is 1.11. The monoisotopic (exact) mass is 290 g/mol. The van der Waals surface area contributed by atoms with Gasteiger partial charge in [-0.3, -0.25) is 10.1 Å². The molecule has 0 bridgehead atoms. The van der Waals surface area contributed by atoms with Crippen molar-refractivity contribution < 1.29 is 19.6 Å². The predicted molar refractivity (Wildman–Crippen MR) is 71.9 cm³/mol. The molecule has 0 atom stereocenters. The van der Waals surface area contributed by atoms with E-state index in [1.807, 2.05) is 0 Å². The molecule has 1 aromatic heterocycles. The largest absolute Gasteiger partial charge is 0.478 e. The van der Waals surface area contributed by atoms with Crippen molar-refractivity contribution in [1.82, 2.24) is 9.97 Å². The maximum atomic E-state index is 11.1. The lowest BCUT2D eigenvalue weighted by atomic mass is 10.2. The molecular weight excluding hydrogens is 280 g/mol. The lowest BCUT2D eigenvalue weighted by molar-refractivity contribution is -0.385. The van der Waals surface area contributed by atoms with E-state index in [1.165, 1.54) is 25.3 Å². The number of nitrogens with zero attached hydrogens (tertiary/aromatic N) is 3. The molecule has 0 radical (unpaired) electrons. The summed E-state index contributed by atoms with van der Waals surface area (Å²) in [4.78, 5) is 28.7. The average molecular weight is 290 g/mol. The summed E-state index contributed by atoms with van der Waals surface area (Å²) in [5.74, 6) is -1.38. The van der Waals surface area contributed by atoms with Crippen LogP contribution < -0.4 is 10.1 Å². The van der Waals surface area contributed by atoms with E-state index in [0.717, 1.165) is 6.33 Å². The second kappa shape index (κ2) is 5.82. The number of carboxylic acid groups (broad SMARTS) is 1. The van der Waals surface area contributed by atoms with Crippen LogP contribution in [0.3, 0.4) is 0 Å². The highest BCUT2D eigenvalue weighted by atomic mass is 16.6. The number of carboxylic acids is 1. The van der Waals surface area contributed by atoms with Gasteiger partial charge in [0.15, 0.2) is 0 Å². The third-order valence-corrected chi connectivity index (χ3v) is 2.54. The zero-order valence-electron chi connectivity index (χ0n) is 10.8. The van der Waals surface area contributed by atoms with Gasteiger partial charge in [-0.1, -0.05) is 6.07 Å². The third kappa shape index (κ3) is 3.03. The number of nitrogens with one attached hydrogen (secondary N) is 1. The highest BCUT2D eigenvalue weighted by Crippen LogP contribution is 2.32. The van der Waals surface area contributed by atoms with Gasteiger partial charge in [-0.15, -0.1) is 0 Å². The first kappa shape index (κ1) is 14.2. The summed E-state index contributed by atoms with van der Waals surface area (Å²) >= 11 is 0. The van der Waals surface area contributed by atoms with Crippen molar-refractivity contribution in [3.8, 4) is 5.88 Å². The molecule has 0 fully saturated rings. The van der Waals surface area contributed by atoms with Crippen LogP contribution in [-0.2, 0) is 0 Å². The van der Waals surface area contributed by atoms with Crippen molar-refractivity contribution in [2.75, 3.05) is 12.4 Å². The number of rotatable bonds is 5. The first-order valence-electron chi connectivity index (χ1n) is 5.66. The molecule has 108 valence electrons. The molecule has 21 heavy (non-hydrogen) atoms. The van der Waals surface area contributed by atoms with Crippen molar-refractivity contribution in [1.29, 1.82) is 0 Å². The molecule has 0 aliphatic heterocycles. The number of anilines is 2. The number of aromatic nitrogens is 2. The van der Waals surface area contributed by atoms with Crippen molar-refractivity contribution in [2.45, 2.75) is 0 Å². The Bertz CT molecular complexity index is 704. The Kier molecular flexibility index (Phi) is 3.93. The van der Waals surface area contributed by atoms with Crippen molar-refractivity contribution in [2.24, 2.45) is 0 Å². The molecule has 0 saturated heterocycles. The Morgan fingerprint density at radius 1 is 1.43 bits per heavy atom. The van der Waals surface area contributed by atoms with Gasteiger partial charge in [0.1, 0.15) is 6.33 Å². The minimum absolute atomic E-state index is 0.0451. The SMILES string of the molecule is COc1ncnc(Nc2cccc(C(=O)O)c2)c1[N+](=O)[O-]. The summed E-state index contributed by atoms with van der Waals surface area (Å²) in [5, 5.41) is 22.7. The number of nitro groups is 1. The van der Waals surface area contributed by atoms with Gasteiger partial charge in [0.2, 0.25) is 5.82 Å². The number of carbonyl (C=O) groups is 1. The van der Waals surface area contributed by atoms with E-state index in [2.05, 4.69) is 15.3 Å². The third-order valence-electron chi connectivity index (χ3n) is 2.54. The molecule has 0 saturated carbocycles. The minimum Gasteiger partial charge on any atom is -0.478 e. The van der Waals surface area contributed by atoms with E-state index in [0.29, 0.717) is 5.69 Å². The molecule has 2 N–H and O–H groups in total. The molecule has 2 rings (SSSR count). The Labute approximate surface area is 118 Å². The second-order valence-electron chi connectivity index (χ2n) is 3.85. The average Bonchev–Trinajstić information content (AvgIpc) is 2.46. The predicted octanol–water partition coefficient (Wildman–Crippen LogP) is 1.84. The van der Waals surface area contributed by atoms with E-state index in [-0.39, 0.29) is 17.3 Å². The van der Waals surface area contributed by atoms with Crippen molar-refractivity contribution >= 4 is 23.2 Å². The highest BCUT2D eigenvalue weighted by molar-refractivity contribution is 5.89. The summed E-state index contributed by atoms with van der Waals surface area (Å²) < 4.78 is 4.82. The lowest BCUT2D eigenvalue weighted by Gasteiger charge is -2.08.